The molecule has 0 amide bonds. The molecule has 0 fully saturated rings. The van der Waals surface area contributed by atoms with Crippen molar-refractivity contribution in [3.8, 4) is 0 Å². The Balaban J connectivity index is 2.30. The van der Waals surface area contributed by atoms with Crippen molar-refractivity contribution in [1.82, 2.24) is 0 Å². The van der Waals surface area contributed by atoms with Gasteiger partial charge in [0.2, 0.25) is 0 Å². The number of nitrogens with two attached hydrogens (primary N) is 1. The van der Waals surface area contributed by atoms with Crippen LogP contribution in [0.5, 0.6) is 0 Å². The summed E-state index contributed by atoms with van der Waals surface area (Å²) in [4.78, 5) is 15.8. The van der Waals surface area contributed by atoms with Gasteiger partial charge in [0.25, 0.3) is 0 Å². The minimum Gasteiger partial charge on any atom is -0.468 e. The lowest BCUT2D eigenvalue weighted by Gasteiger charge is -2.12. The zero-order valence-electron chi connectivity index (χ0n) is 7.20. The molecule has 6 heteroatoms. The first-order valence-corrected chi connectivity index (χ1v) is 4.23. The Labute approximate surface area is 80.8 Å². The first-order chi connectivity index (χ1) is 6.13. The van der Waals surface area contributed by atoms with Gasteiger partial charge in [-0.05, 0) is 0 Å². The minimum atomic E-state index is -0.673. The Morgan fingerprint density at radius 3 is 3.15 bits per heavy atom. The molecule has 0 saturated carbocycles. The van der Waals surface area contributed by atoms with E-state index in [4.69, 9.17) is 22.2 Å². The number of esters is 1. The number of hydrogen-bond donors (Lipinski definition) is 1. The Kier molecular flexibility index (Phi) is 3.50. The van der Waals surface area contributed by atoms with Crippen molar-refractivity contribution in [3.05, 3.63) is 0 Å². The SMILES string of the molecule is COC(=O)[C@H](N)CC1CC(Cl)=NO1. The molecule has 1 aliphatic heterocycles. The van der Waals surface area contributed by atoms with Gasteiger partial charge in [-0.25, -0.2) is 0 Å². The van der Waals surface area contributed by atoms with Crippen molar-refractivity contribution < 1.29 is 14.4 Å². The number of hydrogen-bond acceptors (Lipinski definition) is 5. The number of rotatable bonds is 3. The second kappa shape index (κ2) is 4.43. The van der Waals surface area contributed by atoms with Gasteiger partial charge >= 0.3 is 5.97 Å². The molecule has 0 saturated heterocycles. The summed E-state index contributed by atoms with van der Waals surface area (Å²) < 4.78 is 4.46. The van der Waals surface area contributed by atoms with E-state index in [1.165, 1.54) is 7.11 Å². The molecule has 0 spiro atoms. The van der Waals surface area contributed by atoms with Gasteiger partial charge in [-0.2, -0.15) is 0 Å². The van der Waals surface area contributed by atoms with Crippen LogP contribution in [-0.4, -0.2) is 30.4 Å². The fourth-order valence-corrected chi connectivity index (χ4v) is 1.26. The van der Waals surface area contributed by atoms with Crippen LogP contribution in [0, 0.1) is 0 Å². The molecule has 0 aromatic carbocycles. The molecule has 1 heterocycles. The van der Waals surface area contributed by atoms with Gasteiger partial charge in [0.15, 0.2) is 0 Å². The molecule has 0 radical (unpaired) electrons. The first kappa shape index (κ1) is 10.3. The van der Waals surface area contributed by atoms with Gasteiger partial charge in [0.05, 0.1) is 7.11 Å². The van der Waals surface area contributed by atoms with Crippen LogP contribution in [0.3, 0.4) is 0 Å². The third-order valence-corrected chi connectivity index (χ3v) is 1.94. The number of halogens is 1. The largest absolute Gasteiger partial charge is 0.468 e. The van der Waals surface area contributed by atoms with Crippen LogP contribution in [-0.2, 0) is 14.4 Å². The van der Waals surface area contributed by atoms with E-state index in [9.17, 15) is 4.79 Å². The first-order valence-electron chi connectivity index (χ1n) is 3.85. The van der Waals surface area contributed by atoms with Gasteiger partial charge in [0.1, 0.15) is 17.3 Å². The maximum atomic E-state index is 10.9. The van der Waals surface area contributed by atoms with Crippen molar-refractivity contribution in [3.63, 3.8) is 0 Å². The number of methoxy groups -OCH3 is 1. The van der Waals surface area contributed by atoms with Gasteiger partial charge in [0, 0.05) is 12.8 Å². The van der Waals surface area contributed by atoms with E-state index in [1.807, 2.05) is 0 Å². The van der Waals surface area contributed by atoms with Crippen molar-refractivity contribution >= 4 is 22.7 Å². The topological polar surface area (TPSA) is 73.9 Å². The Morgan fingerprint density at radius 2 is 2.69 bits per heavy atom. The highest BCUT2D eigenvalue weighted by Crippen LogP contribution is 2.17. The molecule has 1 unspecified atom stereocenters. The monoisotopic (exact) mass is 206 g/mol. The van der Waals surface area contributed by atoms with Crippen LogP contribution >= 0.6 is 11.6 Å². The summed E-state index contributed by atoms with van der Waals surface area (Å²) in [5.41, 5.74) is 5.50. The molecule has 13 heavy (non-hydrogen) atoms. The van der Waals surface area contributed by atoms with Crippen molar-refractivity contribution in [2.75, 3.05) is 7.11 Å². The predicted octanol–water partition coefficient (Wildman–Crippen LogP) is 0.218. The lowest BCUT2D eigenvalue weighted by atomic mass is 10.1. The third kappa shape index (κ3) is 2.86. The fourth-order valence-electron chi connectivity index (χ4n) is 1.05. The van der Waals surface area contributed by atoms with E-state index >= 15 is 0 Å². The zero-order chi connectivity index (χ0) is 9.84. The number of oxime groups is 1. The van der Waals surface area contributed by atoms with Crippen molar-refractivity contribution in [2.45, 2.75) is 25.0 Å². The van der Waals surface area contributed by atoms with Gasteiger partial charge in [-0.1, -0.05) is 16.8 Å². The summed E-state index contributed by atoms with van der Waals surface area (Å²) in [7, 11) is 1.29. The normalized spacial score (nSPS) is 23.3. The van der Waals surface area contributed by atoms with Crippen molar-refractivity contribution in [2.24, 2.45) is 10.9 Å². The smallest absolute Gasteiger partial charge is 0.322 e. The second-order valence-electron chi connectivity index (χ2n) is 2.76. The summed E-state index contributed by atoms with van der Waals surface area (Å²) in [6.07, 6.45) is 0.667. The predicted molar refractivity (Wildman–Crippen MR) is 47.4 cm³/mol. The highest BCUT2D eigenvalue weighted by atomic mass is 35.5. The van der Waals surface area contributed by atoms with Gasteiger partial charge in [-0.15, -0.1) is 0 Å². The summed E-state index contributed by atoms with van der Waals surface area (Å²) >= 11 is 5.57. The molecule has 1 aliphatic rings. The molecule has 1 rings (SSSR count). The molecule has 2 atom stereocenters. The van der Waals surface area contributed by atoms with Crippen LogP contribution in [0.25, 0.3) is 0 Å². The van der Waals surface area contributed by atoms with E-state index in [0.29, 0.717) is 18.0 Å². The number of ether oxygens (including phenoxy) is 1. The van der Waals surface area contributed by atoms with E-state index in [0.717, 1.165) is 0 Å². The number of carbonyl (C=O) groups is 1. The molecule has 0 aliphatic carbocycles. The zero-order valence-corrected chi connectivity index (χ0v) is 7.95. The molecule has 2 N–H and O–H groups in total. The third-order valence-electron chi connectivity index (χ3n) is 1.72. The molecule has 5 nitrogen and oxygen atoms in total. The van der Waals surface area contributed by atoms with Crippen molar-refractivity contribution in [1.29, 1.82) is 0 Å². The molecule has 0 bridgehead atoms. The van der Waals surface area contributed by atoms with Gasteiger partial charge in [-0.3, -0.25) is 4.79 Å². The maximum absolute atomic E-state index is 10.9. The highest BCUT2D eigenvalue weighted by Gasteiger charge is 2.25. The summed E-state index contributed by atoms with van der Waals surface area (Å²) in [5.74, 6) is -0.452. The fraction of sp³-hybridized carbons (Fsp3) is 0.714. The summed E-state index contributed by atoms with van der Waals surface area (Å²) in [6.45, 7) is 0. The molecule has 74 valence electrons. The van der Waals surface area contributed by atoms with E-state index in [-0.39, 0.29) is 6.10 Å². The Hall–Kier alpha value is -0.810. The average molecular weight is 207 g/mol. The van der Waals surface area contributed by atoms with Crippen LogP contribution in [0.15, 0.2) is 5.16 Å². The van der Waals surface area contributed by atoms with E-state index in [2.05, 4.69) is 9.89 Å². The molecular weight excluding hydrogens is 196 g/mol. The Morgan fingerprint density at radius 1 is 2.00 bits per heavy atom. The lowest BCUT2D eigenvalue weighted by Crippen LogP contribution is -2.35. The summed E-state index contributed by atoms with van der Waals surface area (Å²) in [6, 6.07) is -0.673. The van der Waals surface area contributed by atoms with Gasteiger partial charge < -0.3 is 15.3 Å². The molecular formula is C7H11ClN2O3. The molecule has 0 aromatic rings. The lowest BCUT2D eigenvalue weighted by molar-refractivity contribution is -0.143. The minimum absolute atomic E-state index is 0.207. The highest BCUT2D eigenvalue weighted by molar-refractivity contribution is 6.65. The second-order valence-corrected chi connectivity index (χ2v) is 3.20. The number of carbonyl (C=O) groups excluding carboxylic acids is 1. The quantitative estimate of drug-likeness (QED) is 0.671. The average Bonchev–Trinajstić information content (AvgIpc) is 2.49. The maximum Gasteiger partial charge on any atom is 0.322 e. The number of nitrogens with zero attached hydrogens (tertiary/aromatic N) is 1. The molecule has 0 aromatic heterocycles. The van der Waals surface area contributed by atoms with Crippen LogP contribution < -0.4 is 5.73 Å². The Bertz CT molecular complexity index is 232. The van der Waals surface area contributed by atoms with E-state index in [1.54, 1.807) is 0 Å². The van der Waals surface area contributed by atoms with Crippen LogP contribution in [0.2, 0.25) is 0 Å². The van der Waals surface area contributed by atoms with Crippen LogP contribution in [0.4, 0.5) is 0 Å². The van der Waals surface area contributed by atoms with Crippen LogP contribution in [0.1, 0.15) is 12.8 Å². The summed E-state index contributed by atoms with van der Waals surface area (Å²) in [5, 5.41) is 3.93. The van der Waals surface area contributed by atoms with E-state index < -0.39 is 12.0 Å². The standard InChI is InChI=1S/C7H11ClN2O3/c1-12-7(11)5(9)2-4-3-6(8)10-13-4/h4-5H,2-3,9H2,1H3/t4?,5-/m1/s1.